The number of benzene rings is 3. The molecular formula is C29H35FO2. The number of rotatable bonds is 9. The minimum absolute atomic E-state index is 0.105. The Bertz CT molecular complexity index is 1020. The molecule has 0 atom stereocenters. The van der Waals surface area contributed by atoms with Crippen molar-refractivity contribution in [1.82, 2.24) is 0 Å². The first kappa shape index (κ1) is 24.0. The molecule has 0 aliphatic heterocycles. The van der Waals surface area contributed by atoms with Crippen molar-refractivity contribution >= 4 is 0 Å². The lowest BCUT2D eigenvalue weighted by atomic mass is 9.93. The van der Waals surface area contributed by atoms with Gasteiger partial charge in [-0.05, 0) is 98.9 Å². The number of hydrogen-bond acceptors (Lipinski definition) is 2. The predicted octanol–water partition coefficient (Wildman–Crippen LogP) is 7.29. The summed E-state index contributed by atoms with van der Waals surface area (Å²) in [5, 5.41) is 9.40. The highest BCUT2D eigenvalue weighted by atomic mass is 19.1. The molecule has 0 fully saturated rings. The first-order valence-corrected chi connectivity index (χ1v) is 11.6. The molecule has 3 rings (SSSR count). The standard InChI is InChI=1S/C29H35FO2/c1-5-24-19-22(7-6-18-32-29(2,3)4)12-16-26(24)27-17-13-23(20-28(27)30)9-8-21-10-14-25(31)15-11-21/h10-17,19-20,31H,5-9,18H2,1-4H3. The molecule has 0 saturated heterocycles. The van der Waals surface area contributed by atoms with E-state index in [1.165, 1.54) is 11.1 Å². The van der Waals surface area contributed by atoms with Crippen LogP contribution in [-0.4, -0.2) is 17.3 Å². The summed E-state index contributed by atoms with van der Waals surface area (Å²) in [5.74, 6) is 0.0920. The van der Waals surface area contributed by atoms with E-state index < -0.39 is 0 Å². The fourth-order valence-corrected chi connectivity index (χ4v) is 3.90. The summed E-state index contributed by atoms with van der Waals surface area (Å²) in [6.07, 6.45) is 4.38. The van der Waals surface area contributed by atoms with E-state index in [1.807, 2.05) is 24.3 Å². The van der Waals surface area contributed by atoms with E-state index in [9.17, 15) is 5.11 Å². The second-order valence-electron chi connectivity index (χ2n) is 9.39. The number of phenolic OH excluding ortho intramolecular Hbond substituents is 1. The molecule has 1 N–H and O–H groups in total. The molecule has 0 aliphatic rings. The Morgan fingerprint density at radius 2 is 1.38 bits per heavy atom. The number of hydrogen-bond donors (Lipinski definition) is 1. The van der Waals surface area contributed by atoms with Crippen LogP contribution < -0.4 is 0 Å². The molecule has 0 radical (unpaired) electrons. The van der Waals surface area contributed by atoms with Crippen molar-refractivity contribution in [3.8, 4) is 16.9 Å². The van der Waals surface area contributed by atoms with Gasteiger partial charge in [0.15, 0.2) is 0 Å². The highest BCUT2D eigenvalue weighted by Crippen LogP contribution is 2.29. The second kappa shape index (κ2) is 10.8. The van der Waals surface area contributed by atoms with E-state index in [2.05, 4.69) is 45.9 Å². The zero-order chi connectivity index (χ0) is 23.1. The Balaban J connectivity index is 1.67. The average Bonchev–Trinajstić information content (AvgIpc) is 2.76. The average molecular weight is 435 g/mol. The monoisotopic (exact) mass is 434 g/mol. The van der Waals surface area contributed by atoms with Crippen molar-refractivity contribution in [2.24, 2.45) is 0 Å². The zero-order valence-corrected chi connectivity index (χ0v) is 19.7. The lowest BCUT2D eigenvalue weighted by molar-refractivity contribution is -0.00384. The number of aromatic hydroxyl groups is 1. The van der Waals surface area contributed by atoms with Crippen molar-refractivity contribution in [2.75, 3.05) is 6.61 Å². The van der Waals surface area contributed by atoms with Crippen LogP contribution in [0.3, 0.4) is 0 Å². The van der Waals surface area contributed by atoms with Crippen LogP contribution in [0.2, 0.25) is 0 Å². The molecular weight excluding hydrogens is 399 g/mol. The third-order valence-corrected chi connectivity index (χ3v) is 5.66. The van der Waals surface area contributed by atoms with Crippen LogP contribution in [0.4, 0.5) is 4.39 Å². The third-order valence-electron chi connectivity index (χ3n) is 5.66. The summed E-state index contributed by atoms with van der Waals surface area (Å²) in [4.78, 5) is 0. The maximum Gasteiger partial charge on any atom is 0.131 e. The molecule has 0 unspecified atom stereocenters. The molecule has 170 valence electrons. The fraction of sp³-hybridized carbons (Fsp3) is 0.379. The van der Waals surface area contributed by atoms with Crippen molar-refractivity contribution in [3.05, 3.63) is 88.7 Å². The zero-order valence-electron chi connectivity index (χ0n) is 19.7. The molecule has 0 amide bonds. The summed E-state index contributed by atoms with van der Waals surface area (Å²) in [6, 6.07) is 19.2. The molecule has 3 aromatic carbocycles. The number of phenols is 1. The molecule has 2 nitrogen and oxygen atoms in total. The van der Waals surface area contributed by atoms with E-state index >= 15 is 4.39 Å². The molecule has 3 aromatic rings. The van der Waals surface area contributed by atoms with Gasteiger partial charge in [-0.25, -0.2) is 4.39 Å². The van der Waals surface area contributed by atoms with Crippen LogP contribution in [0.25, 0.3) is 11.1 Å². The van der Waals surface area contributed by atoms with Crippen LogP contribution in [0.15, 0.2) is 60.7 Å². The molecule has 0 heterocycles. The van der Waals surface area contributed by atoms with E-state index in [1.54, 1.807) is 18.2 Å². The number of halogens is 1. The number of ether oxygens (including phenoxy) is 1. The van der Waals surface area contributed by atoms with Gasteiger partial charge in [0.1, 0.15) is 11.6 Å². The molecule has 0 saturated carbocycles. The third kappa shape index (κ3) is 6.93. The number of aryl methyl sites for hydroxylation is 4. The van der Waals surface area contributed by atoms with Crippen molar-refractivity contribution in [1.29, 1.82) is 0 Å². The van der Waals surface area contributed by atoms with Crippen LogP contribution in [0.5, 0.6) is 5.75 Å². The minimum atomic E-state index is -0.172. The second-order valence-corrected chi connectivity index (χ2v) is 9.39. The Labute approximate surface area is 192 Å². The van der Waals surface area contributed by atoms with Crippen molar-refractivity contribution < 1.29 is 14.2 Å². The summed E-state index contributed by atoms with van der Waals surface area (Å²) in [5.41, 5.74) is 6.09. The minimum Gasteiger partial charge on any atom is -0.508 e. The van der Waals surface area contributed by atoms with E-state index in [0.717, 1.165) is 55.4 Å². The smallest absolute Gasteiger partial charge is 0.131 e. The molecule has 0 aromatic heterocycles. The summed E-state index contributed by atoms with van der Waals surface area (Å²) in [7, 11) is 0. The lowest BCUT2D eigenvalue weighted by Crippen LogP contribution is -2.19. The summed E-state index contributed by atoms with van der Waals surface area (Å²) >= 11 is 0. The Morgan fingerprint density at radius 1 is 0.781 bits per heavy atom. The van der Waals surface area contributed by atoms with Gasteiger partial charge in [0.25, 0.3) is 0 Å². The first-order chi connectivity index (χ1) is 15.2. The lowest BCUT2D eigenvalue weighted by Gasteiger charge is -2.19. The Hall–Kier alpha value is -2.65. The van der Waals surface area contributed by atoms with Crippen molar-refractivity contribution in [2.45, 2.75) is 65.4 Å². The van der Waals surface area contributed by atoms with Gasteiger partial charge < -0.3 is 9.84 Å². The van der Waals surface area contributed by atoms with E-state index in [-0.39, 0.29) is 17.2 Å². The molecule has 32 heavy (non-hydrogen) atoms. The SMILES string of the molecule is CCc1cc(CCCOC(C)(C)C)ccc1-c1ccc(CCc2ccc(O)cc2)cc1F. The maximum atomic E-state index is 15.0. The van der Waals surface area contributed by atoms with Gasteiger partial charge in [0, 0.05) is 12.2 Å². The van der Waals surface area contributed by atoms with Crippen LogP contribution in [0.1, 0.15) is 56.4 Å². The highest BCUT2D eigenvalue weighted by Gasteiger charge is 2.12. The largest absolute Gasteiger partial charge is 0.508 e. The van der Waals surface area contributed by atoms with Crippen molar-refractivity contribution in [3.63, 3.8) is 0 Å². The van der Waals surface area contributed by atoms with Crippen LogP contribution in [-0.2, 0) is 30.4 Å². The summed E-state index contributed by atoms with van der Waals surface area (Å²) < 4.78 is 20.9. The van der Waals surface area contributed by atoms with Crippen LogP contribution >= 0.6 is 0 Å². The highest BCUT2D eigenvalue weighted by molar-refractivity contribution is 5.69. The van der Waals surface area contributed by atoms with Gasteiger partial charge in [0.05, 0.1) is 5.60 Å². The normalized spacial score (nSPS) is 11.7. The van der Waals surface area contributed by atoms with E-state index in [0.29, 0.717) is 5.56 Å². The molecule has 0 spiro atoms. The molecule has 0 aliphatic carbocycles. The van der Waals surface area contributed by atoms with Gasteiger partial charge in [-0.15, -0.1) is 0 Å². The first-order valence-electron chi connectivity index (χ1n) is 11.6. The molecule has 0 bridgehead atoms. The molecule has 3 heteroatoms. The fourth-order valence-electron chi connectivity index (χ4n) is 3.90. The maximum absolute atomic E-state index is 15.0. The van der Waals surface area contributed by atoms with Crippen LogP contribution in [0, 0.1) is 5.82 Å². The topological polar surface area (TPSA) is 29.5 Å². The quantitative estimate of drug-likeness (QED) is 0.358. The van der Waals surface area contributed by atoms with Gasteiger partial charge in [0.2, 0.25) is 0 Å². The van der Waals surface area contributed by atoms with Gasteiger partial charge in [-0.3, -0.25) is 0 Å². The van der Waals surface area contributed by atoms with Gasteiger partial charge in [-0.2, -0.15) is 0 Å². The Kier molecular flexibility index (Phi) is 8.09. The summed E-state index contributed by atoms with van der Waals surface area (Å²) in [6.45, 7) is 9.08. The predicted molar refractivity (Wildman–Crippen MR) is 131 cm³/mol. The van der Waals surface area contributed by atoms with Gasteiger partial charge >= 0.3 is 0 Å². The Morgan fingerprint density at radius 3 is 2.00 bits per heavy atom. The van der Waals surface area contributed by atoms with E-state index in [4.69, 9.17) is 4.74 Å². The van der Waals surface area contributed by atoms with Gasteiger partial charge in [-0.1, -0.05) is 49.4 Å².